The summed E-state index contributed by atoms with van der Waals surface area (Å²) in [7, 11) is 0. The first-order valence-electron chi connectivity index (χ1n) is 9.07. The van der Waals surface area contributed by atoms with Gasteiger partial charge in [0.05, 0.1) is 10.2 Å². The highest BCUT2D eigenvalue weighted by Gasteiger charge is 2.17. The zero-order valence-corrected chi connectivity index (χ0v) is 16.3. The molecular formula is C23H22N2OS. The first-order valence-corrected chi connectivity index (χ1v) is 9.89. The normalized spacial score (nSPS) is 11.0. The van der Waals surface area contributed by atoms with Gasteiger partial charge in [-0.25, -0.2) is 0 Å². The Kier molecular flexibility index (Phi) is 4.82. The van der Waals surface area contributed by atoms with Gasteiger partial charge in [-0.15, -0.1) is 11.3 Å². The summed E-state index contributed by atoms with van der Waals surface area (Å²) in [5.74, 6) is -0.0338. The second kappa shape index (κ2) is 7.41. The largest absolute Gasteiger partial charge is 0.347 e. The molecule has 1 amide bonds. The van der Waals surface area contributed by atoms with E-state index in [1.54, 1.807) is 11.3 Å². The van der Waals surface area contributed by atoms with E-state index < -0.39 is 0 Å². The van der Waals surface area contributed by atoms with Gasteiger partial charge in [0.15, 0.2) is 0 Å². The van der Waals surface area contributed by atoms with Crippen LogP contribution >= 0.6 is 11.3 Å². The molecule has 0 bridgehead atoms. The molecule has 0 radical (unpaired) electrons. The fourth-order valence-corrected chi connectivity index (χ4v) is 4.35. The van der Waals surface area contributed by atoms with Crippen LogP contribution in [0.4, 0.5) is 0 Å². The first kappa shape index (κ1) is 17.6. The summed E-state index contributed by atoms with van der Waals surface area (Å²) in [4.78, 5) is 14.2. The SMILES string of the molecule is Cc1cccc(CNC(=O)c2cc3sc(C)cc3n2Cc2ccccc2)c1. The van der Waals surface area contributed by atoms with Crippen LogP contribution in [0, 0.1) is 13.8 Å². The molecule has 0 aliphatic carbocycles. The third-order valence-corrected chi connectivity index (χ3v) is 5.65. The van der Waals surface area contributed by atoms with Crippen LogP contribution in [0.5, 0.6) is 0 Å². The first-order chi connectivity index (χ1) is 13.1. The minimum Gasteiger partial charge on any atom is -0.347 e. The van der Waals surface area contributed by atoms with Gasteiger partial charge in [0.2, 0.25) is 0 Å². The Balaban J connectivity index is 1.63. The van der Waals surface area contributed by atoms with Crippen molar-refractivity contribution in [2.75, 3.05) is 0 Å². The number of hydrogen-bond donors (Lipinski definition) is 1. The van der Waals surface area contributed by atoms with Gasteiger partial charge in [0.25, 0.3) is 5.91 Å². The predicted molar refractivity (Wildman–Crippen MR) is 112 cm³/mol. The van der Waals surface area contributed by atoms with Gasteiger partial charge >= 0.3 is 0 Å². The van der Waals surface area contributed by atoms with E-state index in [0.717, 1.165) is 15.8 Å². The van der Waals surface area contributed by atoms with Crippen LogP contribution in [0.3, 0.4) is 0 Å². The number of rotatable bonds is 5. The third-order valence-electron chi connectivity index (χ3n) is 4.66. The van der Waals surface area contributed by atoms with E-state index in [0.29, 0.717) is 18.8 Å². The third kappa shape index (κ3) is 3.81. The number of amides is 1. The molecule has 0 aliphatic heterocycles. The minimum atomic E-state index is -0.0338. The number of hydrogen-bond acceptors (Lipinski definition) is 2. The molecule has 0 atom stereocenters. The highest BCUT2D eigenvalue weighted by atomic mass is 32.1. The smallest absolute Gasteiger partial charge is 0.268 e. The van der Waals surface area contributed by atoms with E-state index in [4.69, 9.17) is 0 Å². The van der Waals surface area contributed by atoms with Gasteiger partial charge in [0.1, 0.15) is 5.69 Å². The lowest BCUT2D eigenvalue weighted by molar-refractivity contribution is 0.0942. The molecule has 2 aromatic heterocycles. The van der Waals surface area contributed by atoms with Crippen molar-refractivity contribution in [3.63, 3.8) is 0 Å². The van der Waals surface area contributed by atoms with E-state index in [-0.39, 0.29) is 5.91 Å². The Morgan fingerprint density at radius 2 is 1.74 bits per heavy atom. The summed E-state index contributed by atoms with van der Waals surface area (Å²) in [5, 5.41) is 3.08. The van der Waals surface area contributed by atoms with Gasteiger partial charge in [-0.05, 0) is 37.1 Å². The van der Waals surface area contributed by atoms with E-state index in [2.05, 4.69) is 54.1 Å². The molecule has 4 rings (SSSR count). The fraction of sp³-hybridized carbons (Fsp3) is 0.174. The summed E-state index contributed by atoms with van der Waals surface area (Å²) in [6, 6.07) is 22.7. The molecule has 0 unspecified atom stereocenters. The number of carbonyl (C=O) groups is 1. The second-order valence-electron chi connectivity index (χ2n) is 6.88. The van der Waals surface area contributed by atoms with Gasteiger partial charge in [0, 0.05) is 18.0 Å². The molecule has 0 spiro atoms. The zero-order valence-electron chi connectivity index (χ0n) is 15.5. The van der Waals surface area contributed by atoms with Crippen LogP contribution < -0.4 is 5.32 Å². The van der Waals surface area contributed by atoms with E-state index >= 15 is 0 Å². The Bertz CT molecular complexity index is 1090. The molecule has 4 heteroatoms. The number of fused-ring (bicyclic) bond motifs is 1. The molecule has 0 fully saturated rings. The predicted octanol–water partition coefficient (Wildman–Crippen LogP) is 5.30. The Labute approximate surface area is 163 Å². The van der Waals surface area contributed by atoms with Crippen molar-refractivity contribution in [1.82, 2.24) is 9.88 Å². The number of nitrogens with one attached hydrogen (secondary N) is 1. The standard InChI is InChI=1S/C23H22N2OS/c1-16-7-6-10-19(11-16)14-24-23(26)21-13-22-20(12-17(2)27-22)25(21)15-18-8-4-3-5-9-18/h3-13H,14-15H2,1-2H3,(H,24,26). The van der Waals surface area contributed by atoms with Crippen molar-refractivity contribution < 1.29 is 4.79 Å². The lowest BCUT2D eigenvalue weighted by Crippen LogP contribution is -2.25. The van der Waals surface area contributed by atoms with Gasteiger partial charge in [-0.2, -0.15) is 0 Å². The van der Waals surface area contributed by atoms with Crippen LogP contribution in [0.2, 0.25) is 0 Å². The average molecular weight is 375 g/mol. The average Bonchev–Trinajstić information content (AvgIpc) is 3.18. The topological polar surface area (TPSA) is 34.0 Å². The van der Waals surface area contributed by atoms with Crippen LogP contribution in [-0.2, 0) is 13.1 Å². The van der Waals surface area contributed by atoms with Crippen molar-refractivity contribution in [3.05, 3.63) is 94.0 Å². The molecule has 0 aliphatic rings. The maximum Gasteiger partial charge on any atom is 0.268 e. The molecular weight excluding hydrogens is 352 g/mol. The molecule has 4 aromatic rings. The number of thiophene rings is 1. The fourth-order valence-electron chi connectivity index (χ4n) is 3.38. The molecule has 27 heavy (non-hydrogen) atoms. The van der Waals surface area contributed by atoms with Crippen molar-refractivity contribution in [2.45, 2.75) is 26.9 Å². The molecule has 0 saturated carbocycles. The van der Waals surface area contributed by atoms with Crippen LogP contribution in [0.25, 0.3) is 10.2 Å². The Morgan fingerprint density at radius 1 is 0.963 bits per heavy atom. The molecule has 0 saturated heterocycles. The van der Waals surface area contributed by atoms with Crippen molar-refractivity contribution >= 4 is 27.5 Å². The van der Waals surface area contributed by atoms with E-state index in [1.165, 1.54) is 16.0 Å². The number of aromatic nitrogens is 1. The second-order valence-corrected chi connectivity index (χ2v) is 8.17. The lowest BCUT2D eigenvalue weighted by atomic mass is 10.1. The Morgan fingerprint density at radius 3 is 2.52 bits per heavy atom. The maximum absolute atomic E-state index is 12.9. The number of benzene rings is 2. The quantitative estimate of drug-likeness (QED) is 0.505. The van der Waals surface area contributed by atoms with Gasteiger partial charge < -0.3 is 9.88 Å². The monoisotopic (exact) mass is 374 g/mol. The molecule has 2 aromatic carbocycles. The highest BCUT2D eigenvalue weighted by Crippen LogP contribution is 2.29. The number of nitrogens with zero attached hydrogens (tertiary/aromatic N) is 1. The molecule has 1 N–H and O–H groups in total. The van der Waals surface area contributed by atoms with Gasteiger partial charge in [-0.1, -0.05) is 60.2 Å². The van der Waals surface area contributed by atoms with Crippen molar-refractivity contribution in [2.24, 2.45) is 0 Å². The highest BCUT2D eigenvalue weighted by molar-refractivity contribution is 7.19. The van der Waals surface area contributed by atoms with Crippen LogP contribution in [-0.4, -0.2) is 10.5 Å². The summed E-state index contributed by atoms with van der Waals surface area (Å²) in [6.45, 7) is 5.39. The summed E-state index contributed by atoms with van der Waals surface area (Å²) >= 11 is 1.73. The van der Waals surface area contributed by atoms with Gasteiger partial charge in [-0.3, -0.25) is 4.79 Å². The molecule has 136 valence electrons. The minimum absolute atomic E-state index is 0.0338. The number of aryl methyl sites for hydroxylation is 2. The van der Waals surface area contributed by atoms with Crippen molar-refractivity contribution in [1.29, 1.82) is 0 Å². The summed E-state index contributed by atoms with van der Waals surface area (Å²) in [5.41, 5.74) is 5.34. The van der Waals surface area contributed by atoms with Crippen molar-refractivity contribution in [3.8, 4) is 0 Å². The summed E-state index contributed by atoms with van der Waals surface area (Å²) < 4.78 is 3.28. The summed E-state index contributed by atoms with van der Waals surface area (Å²) in [6.07, 6.45) is 0. The van der Waals surface area contributed by atoms with E-state index in [9.17, 15) is 4.79 Å². The van der Waals surface area contributed by atoms with Crippen LogP contribution in [0.15, 0.2) is 66.7 Å². The maximum atomic E-state index is 12.9. The van der Waals surface area contributed by atoms with E-state index in [1.807, 2.05) is 36.4 Å². The van der Waals surface area contributed by atoms with Crippen LogP contribution in [0.1, 0.15) is 32.1 Å². The zero-order chi connectivity index (χ0) is 18.8. The molecule has 3 nitrogen and oxygen atoms in total. The Hall–Kier alpha value is -2.85. The number of carbonyl (C=O) groups excluding carboxylic acids is 1. The molecule has 2 heterocycles. The lowest BCUT2D eigenvalue weighted by Gasteiger charge is -2.11.